The summed E-state index contributed by atoms with van der Waals surface area (Å²) in [5, 5.41) is 4.06. The number of nitrogens with zero attached hydrogens (tertiary/aromatic N) is 2. The Morgan fingerprint density at radius 3 is 2.19 bits per heavy atom. The first kappa shape index (κ1) is 22.2. The zero-order valence-corrected chi connectivity index (χ0v) is 18.8. The van der Waals surface area contributed by atoms with E-state index in [-0.39, 0.29) is 10.8 Å². The Kier molecular flexibility index (Phi) is 6.56. The fraction of sp³-hybridized carbons (Fsp3) is 0.167. The van der Waals surface area contributed by atoms with Gasteiger partial charge in [0.2, 0.25) is 0 Å². The van der Waals surface area contributed by atoms with Gasteiger partial charge in [0.25, 0.3) is 15.9 Å². The number of sulfonamides is 1. The fourth-order valence-electron chi connectivity index (χ4n) is 3.05. The van der Waals surface area contributed by atoms with Gasteiger partial charge in [-0.1, -0.05) is 30.3 Å². The van der Waals surface area contributed by atoms with Gasteiger partial charge in [0.1, 0.15) is 0 Å². The van der Waals surface area contributed by atoms with Crippen molar-refractivity contribution in [3.05, 3.63) is 94.5 Å². The zero-order chi connectivity index (χ0) is 22.6. The van der Waals surface area contributed by atoms with E-state index in [1.807, 2.05) is 19.1 Å². The standard InChI is InChI=1S/C24H25N3O3S/c1-17-10-11-21(19(3)18(17)2)16-25-26-24(28)20-12-14-22(15-13-20)27(4)31(29,30)23-8-6-5-7-9-23/h5-16H,1-4H3,(H,26,28). The molecule has 0 aromatic heterocycles. The molecule has 3 aromatic rings. The summed E-state index contributed by atoms with van der Waals surface area (Å²) < 4.78 is 26.6. The van der Waals surface area contributed by atoms with Gasteiger partial charge in [0.15, 0.2) is 0 Å². The second-order valence-electron chi connectivity index (χ2n) is 7.25. The molecule has 0 radical (unpaired) electrons. The normalized spacial score (nSPS) is 11.5. The van der Waals surface area contributed by atoms with Crippen LogP contribution in [-0.4, -0.2) is 27.6 Å². The zero-order valence-electron chi connectivity index (χ0n) is 18.0. The lowest BCUT2D eigenvalue weighted by Gasteiger charge is -2.19. The Bertz CT molecular complexity index is 1220. The smallest absolute Gasteiger partial charge is 0.269 e. The molecule has 0 aliphatic heterocycles. The number of hydrogen-bond donors (Lipinski definition) is 1. The minimum Gasteiger partial charge on any atom is -0.269 e. The lowest BCUT2D eigenvalue weighted by molar-refractivity contribution is 0.0955. The number of aryl methyl sites for hydroxylation is 1. The molecule has 160 valence electrons. The molecule has 1 amide bonds. The van der Waals surface area contributed by atoms with E-state index in [4.69, 9.17) is 0 Å². The topological polar surface area (TPSA) is 78.8 Å². The van der Waals surface area contributed by atoms with Crippen LogP contribution in [0, 0.1) is 20.8 Å². The van der Waals surface area contributed by atoms with Crippen LogP contribution in [0.4, 0.5) is 5.69 Å². The van der Waals surface area contributed by atoms with Crippen molar-refractivity contribution in [3.63, 3.8) is 0 Å². The van der Waals surface area contributed by atoms with Gasteiger partial charge in [-0.25, -0.2) is 13.8 Å². The second kappa shape index (κ2) is 9.14. The number of rotatable bonds is 6. The van der Waals surface area contributed by atoms with Crippen molar-refractivity contribution in [2.45, 2.75) is 25.7 Å². The summed E-state index contributed by atoms with van der Waals surface area (Å²) in [6, 6.07) is 18.5. The molecule has 0 saturated carbocycles. The van der Waals surface area contributed by atoms with Crippen LogP contribution in [0.25, 0.3) is 0 Å². The Balaban J connectivity index is 1.70. The molecule has 0 saturated heterocycles. The highest BCUT2D eigenvalue weighted by molar-refractivity contribution is 7.92. The molecule has 3 aromatic carbocycles. The van der Waals surface area contributed by atoms with Crippen LogP contribution in [0.1, 0.15) is 32.6 Å². The molecule has 1 N–H and O–H groups in total. The van der Waals surface area contributed by atoms with Gasteiger partial charge < -0.3 is 0 Å². The maximum absolute atomic E-state index is 12.7. The predicted molar refractivity (Wildman–Crippen MR) is 124 cm³/mol. The van der Waals surface area contributed by atoms with E-state index in [1.165, 1.54) is 22.5 Å². The van der Waals surface area contributed by atoms with E-state index in [1.54, 1.807) is 60.8 Å². The molecule has 0 bridgehead atoms. The number of anilines is 1. The van der Waals surface area contributed by atoms with Crippen LogP contribution >= 0.6 is 0 Å². The van der Waals surface area contributed by atoms with Crippen molar-refractivity contribution < 1.29 is 13.2 Å². The average molecular weight is 436 g/mol. The third-order valence-corrected chi connectivity index (χ3v) is 7.16. The molecule has 0 spiro atoms. The van der Waals surface area contributed by atoms with Crippen molar-refractivity contribution in [3.8, 4) is 0 Å². The molecule has 0 aliphatic rings. The van der Waals surface area contributed by atoms with Gasteiger partial charge in [-0.15, -0.1) is 0 Å². The molecular formula is C24H25N3O3S. The fourth-order valence-corrected chi connectivity index (χ4v) is 4.27. The molecule has 7 heteroatoms. The molecule has 6 nitrogen and oxygen atoms in total. The minimum absolute atomic E-state index is 0.204. The van der Waals surface area contributed by atoms with Crippen LogP contribution in [0.5, 0.6) is 0 Å². The number of benzene rings is 3. The summed E-state index contributed by atoms with van der Waals surface area (Å²) in [4.78, 5) is 12.6. The van der Waals surface area contributed by atoms with Gasteiger partial charge in [-0.05, 0) is 79.4 Å². The number of nitrogens with one attached hydrogen (secondary N) is 1. The molecule has 0 heterocycles. The molecule has 31 heavy (non-hydrogen) atoms. The summed E-state index contributed by atoms with van der Waals surface area (Å²) in [7, 11) is -2.19. The molecule has 0 aliphatic carbocycles. The molecule has 3 rings (SSSR count). The van der Waals surface area contributed by atoms with E-state index in [0.717, 1.165) is 11.1 Å². The van der Waals surface area contributed by atoms with E-state index < -0.39 is 10.0 Å². The van der Waals surface area contributed by atoms with Gasteiger partial charge in [-0.2, -0.15) is 5.10 Å². The highest BCUT2D eigenvalue weighted by atomic mass is 32.2. The van der Waals surface area contributed by atoms with Gasteiger partial charge >= 0.3 is 0 Å². The average Bonchev–Trinajstić information content (AvgIpc) is 2.79. The van der Waals surface area contributed by atoms with E-state index in [2.05, 4.69) is 24.4 Å². The van der Waals surface area contributed by atoms with Crippen molar-refractivity contribution in [2.24, 2.45) is 5.10 Å². The summed E-state index contributed by atoms with van der Waals surface area (Å²) in [6.07, 6.45) is 1.62. The quantitative estimate of drug-likeness (QED) is 0.466. The molecular weight excluding hydrogens is 410 g/mol. The first-order valence-corrected chi connectivity index (χ1v) is 11.2. The summed E-state index contributed by atoms with van der Waals surface area (Å²) in [5.74, 6) is -0.377. The van der Waals surface area contributed by atoms with Crippen LogP contribution < -0.4 is 9.73 Å². The molecule has 0 unspecified atom stereocenters. The third-order valence-electron chi connectivity index (χ3n) is 5.36. The lowest BCUT2D eigenvalue weighted by Crippen LogP contribution is -2.26. The molecule has 0 atom stereocenters. The van der Waals surface area contributed by atoms with Crippen LogP contribution in [0.15, 0.2) is 76.7 Å². The van der Waals surface area contributed by atoms with Crippen molar-refractivity contribution in [1.82, 2.24) is 5.43 Å². The monoisotopic (exact) mass is 435 g/mol. The Morgan fingerprint density at radius 2 is 1.55 bits per heavy atom. The largest absolute Gasteiger partial charge is 0.271 e. The third kappa shape index (κ3) is 4.83. The van der Waals surface area contributed by atoms with E-state index in [9.17, 15) is 13.2 Å². The number of carbonyl (C=O) groups is 1. The Morgan fingerprint density at radius 1 is 0.903 bits per heavy atom. The van der Waals surface area contributed by atoms with Crippen molar-refractivity contribution in [2.75, 3.05) is 11.4 Å². The highest BCUT2D eigenvalue weighted by Gasteiger charge is 2.21. The number of amides is 1. The summed E-state index contributed by atoms with van der Waals surface area (Å²) in [5.41, 5.74) is 7.80. The van der Waals surface area contributed by atoms with Crippen LogP contribution in [0.3, 0.4) is 0 Å². The molecule has 0 fully saturated rings. The minimum atomic E-state index is -3.67. The highest BCUT2D eigenvalue weighted by Crippen LogP contribution is 2.22. The first-order valence-electron chi connectivity index (χ1n) is 9.76. The maximum atomic E-state index is 12.7. The van der Waals surface area contributed by atoms with Gasteiger partial charge in [-0.3, -0.25) is 9.10 Å². The first-order chi connectivity index (χ1) is 14.7. The van der Waals surface area contributed by atoms with E-state index in [0.29, 0.717) is 11.3 Å². The Labute approximate surface area is 183 Å². The van der Waals surface area contributed by atoms with E-state index >= 15 is 0 Å². The number of hydrazone groups is 1. The number of carbonyl (C=O) groups excluding carboxylic acids is 1. The summed E-state index contributed by atoms with van der Waals surface area (Å²) >= 11 is 0. The van der Waals surface area contributed by atoms with Gasteiger partial charge in [0, 0.05) is 12.6 Å². The second-order valence-corrected chi connectivity index (χ2v) is 9.22. The number of hydrogen-bond acceptors (Lipinski definition) is 4. The van der Waals surface area contributed by atoms with Crippen LogP contribution in [0.2, 0.25) is 0 Å². The summed E-state index contributed by atoms with van der Waals surface area (Å²) in [6.45, 7) is 6.12. The lowest BCUT2D eigenvalue weighted by atomic mass is 10.00. The maximum Gasteiger partial charge on any atom is 0.271 e. The van der Waals surface area contributed by atoms with Crippen LogP contribution in [-0.2, 0) is 10.0 Å². The van der Waals surface area contributed by atoms with Gasteiger partial charge in [0.05, 0.1) is 16.8 Å². The van der Waals surface area contributed by atoms with Crippen molar-refractivity contribution in [1.29, 1.82) is 0 Å². The SMILES string of the molecule is Cc1ccc(C=NNC(=O)c2ccc(N(C)S(=O)(=O)c3ccccc3)cc2)c(C)c1C. The van der Waals surface area contributed by atoms with Crippen molar-refractivity contribution >= 4 is 27.8 Å². The predicted octanol–water partition coefficient (Wildman–Crippen LogP) is 4.20. The Hall–Kier alpha value is -3.45.